The van der Waals surface area contributed by atoms with Crippen molar-refractivity contribution >= 4 is 17.4 Å². The lowest BCUT2D eigenvalue weighted by atomic mass is 10.2. The van der Waals surface area contributed by atoms with Gasteiger partial charge in [-0.1, -0.05) is 25.4 Å². The Morgan fingerprint density at radius 1 is 1.44 bits per heavy atom. The van der Waals surface area contributed by atoms with E-state index in [2.05, 4.69) is 29.0 Å². The summed E-state index contributed by atoms with van der Waals surface area (Å²) in [6.07, 6.45) is 5.62. The molecule has 3 nitrogen and oxygen atoms in total. The van der Waals surface area contributed by atoms with Crippen LogP contribution < -0.4 is 10.2 Å². The largest absolute Gasteiger partial charge is 0.352 e. The van der Waals surface area contributed by atoms with Gasteiger partial charge in [-0.15, -0.1) is 0 Å². The van der Waals surface area contributed by atoms with Crippen molar-refractivity contribution in [2.24, 2.45) is 0 Å². The minimum Gasteiger partial charge on any atom is -0.352 e. The Labute approximate surface area is 115 Å². The molecule has 1 saturated carbocycles. The molecule has 0 unspecified atom stereocenters. The van der Waals surface area contributed by atoms with Crippen molar-refractivity contribution in [1.29, 1.82) is 0 Å². The molecule has 0 bridgehead atoms. The minimum atomic E-state index is 0.662. The second kappa shape index (κ2) is 6.39. The molecule has 0 aromatic carbocycles. The maximum Gasteiger partial charge on any atom is 0.147 e. The monoisotopic (exact) mass is 267 g/mol. The van der Waals surface area contributed by atoms with Crippen molar-refractivity contribution in [2.45, 2.75) is 45.7 Å². The smallest absolute Gasteiger partial charge is 0.147 e. The molecule has 1 heterocycles. The highest BCUT2D eigenvalue weighted by atomic mass is 35.5. The topological polar surface area (TPSA) is 28.2 Å². The molecule has 1 aliphatic rings. The molecule has 2 rings (SSSR count). The third kappa shape index (κ3) is 3.36. The summed E-state index contributed by atoms with van der Waals surface area (Å²) in [7, 11) is 0. The van der Waals surface area contributed by atoms with Gasteiger partial charge in [-0.3, -0.25) is 0 Å². The van der Waals surface area contributed by atoms with Crippen LogP contribution in [-0.4, -0.2) is 24.1 Å². The van der Waals surface area contributed by atoms with E-state index in [9.17, 15) is 0 Å². The highest BCUT2D eigenvalue weighted by Crippen LogP contribution is 2.34. The normalized spacial score (nSPS) is 14.8. The SMILES string of the molecule is CCCN(c1ncc(CNCC)cc1Cl)C1CC1. The Bertz CT molecular complexity index is 391. The highest BCUT2D eigenvalue weighted by molar-refractivity contribution is 6.33. The summed E-state index contributed by atoms with van der Waals surface area (Å²) < 4.78 is 0. The third-order valence-corrected chi connectivity index (χ3v) is 3.46. The first-order valence-electron chi connectivity index (χ1n) is 6.88. The maximum absolute atomic E-state index is 6.38. The lowest BCUT2D eigenvalue weighted by Gasteiger charge is -2.24. The van der Waals surface area contributed by atoms with Gasteiger partial charge >= 0.3 is 0 Å². The second-order valence-corrected chi connectivity index (χ2v) is 5.26. The first kappa shape index (κ1) is 13.6. The molecule has 1 aliphatic carbocycles. The molecule has 1 fully saturated rings. The molecule has 1 N–H and O–H groups in total. The second-order valence-electron chi connectivity index (χ2n) is 4.85. The predicted octanol–water partition coefficient (Wildman–Crippen LogP) is 3.22. The third-order valence-electron chi connectivity index (χ3n) is 3.18. The Balaban J connectivity index is 2.11. The lowest BCUT2D eigenvalue weighted by molar-refractivity contribution is 0.720. The van der Waals surface area contributed by atoms with Crippen LogP contribution in [0.1, 0.15) is 38.7 Å². The number of hydrogen-bond acceptors (Lipinski definition) is 3. The zero-order chi connectivity index (χ0) is 13.0. The fourth-order valence-corrected chi connectivity index (χ4v) is 2.43. The molecule has 100 valence electrons. The van der Waals surface area contributed by atoms with Crippen LogP contribution in [0.4, 0.5) is 5.82 Å². The molecule has 4 heteroatoms. The lowest BCUT2D eigenvalue weighted by Crippen LogP contribution is -2.27. The summed E-state index contributed by atoms with van der Waals surface area (Å²) in [5, 5.41) is 4.07. The van der Waals surface area contributed by atoms with E-state index in [0.29, 0.717) is 6.04 Å². The van der Waals surface area contributed by atoms with E-state index in [1.807, 2.05) is 12.3 Å². The molecule has 0 amide bonds. The van der Waals surface area contributed by atoms with Crippen molar-refractivity contribution in [2.75, 3.05) is 18.0 Å². The van der Waals surface area contributed by atoms with Crippen LogP contribution in [0.25, 0.3) is 0 Å². The van der Waals surface area contributed by atoms with Crippen LogP contribution in [0, 0.1) is 0 Å². The maximum atomic E-state index is 6.38. The number of pyridine rings is 1. The summed E-state index contributed by atoms with van der Waals surface area (Å²) in [5.74, 6) is 0.960. The average molecular weight is 268 g/mol. The first-order valence-corrected chi connectivity index (χ1v) is 7.25. The summed E-state index contributed by atoms with van der Waals surface area (Å²) in [5.41, 5.74) is 1.15. The van der Waals surface area contributed by atoms with Gasteiger partial charge < -0.3 is 10.2 Å². The summed E-state index contributed by atoms with van der Waals surface area (Å²) in [6, 6.07) is 2.70. The number of nitrogens with one attached hydrogen (secondary N) is 1. The van der Waals surface area contributed by atoms with Crippen LogP contribution in [0.2, 0.25) is 5.02 Å². The van der Waals surface area contributed by atoms with Gasteiger partial charge in [0.25, 0.3) is 0 Å². The zero-order valence-electron chi connectivity index (χ0n) is 11.2. The number of anilines is 1. The molecule has 1 aromatic heterocycles. The quantitative estimate of drug-likeness (QED) is 0.822. The van der Waals surface area contributed by atoms with E-state index < -0.39 is 0 Å². The van der Waals surface area contributed by atoms with Gasteiger partial charge in [-0.2, -0.15) is 0 Å². The number of hydrogen-bond donors (Lipinski definition) is 1. The van der Waals surface area contributed by atoms with Gasteiger partial charge in [0.1, 0.15) is 5.82 Å². The van der Waals surface area contributed by atoms with Crippen molar-refractivity contribution in [3.8, 4) is 0 Å². The number of rotatable bonds is 7. The van der Waals surface area contributed by atoms with E-state index in [0.717, 1.165) is 42.5 Å². The number of halogens is 1. The summed E-state index contributed by atoms with van der Waals surface area (Å²) in [4.78, 5) is 6.93. The molecular weight excluding hydrogens is 246 g/mol. The molecule has 0 aliphatic heterocycles. The van der Waals surface area contributed by atoms with Gasteiger partial charge in [-0.05, 0) is 37.4 Å². The summed E-state index contributed by atoms with van der Waals surface area (Å²) in [6.45, 7) is 7.14. The van der Waals surface area contributed by atoms with Gasteiger partial charge in [0.05, 0.1) is 5.02 Å². The zero-order valence-corrected chi connectivity index (χ0v) is 12.0. The Morgan fingerprint density at radius 2 is 2.22 bits per heavy atom. The van der Waals surface area contributed by atoms with Crippen LogP contribution in [0.15, 0.2) is 12.3 Å². The van der Waals surface area contributed by atoms with E-state index in [4.69, 9.17) is 11.6 Å². The fourth-order valence-electron chi connectivity index (χ4n) is 2.14. The number of aromatic nitrogens is 1. The van der Waals surface area contributed by atoms with Crippen molar-refractivity contribution in [3.63, 3.8) is 0 Å². The van der Waals surface area contributed by atoms with Gasteiger partial charge in [0.2, 0.25) is 0 Å². The Morgan fingerprint density at radius 3 is 2.78 bits per heavy atom. The Hall–Kier alpha value is -0.800. The summed E-state index contributed by atoms with van der Waals surface area (Å²) >= 11 is 6.38. The van der Waals surface area contributed by atoms with Gasteiger partial charge in [0.15, 0.2) is 0 Å². The van der Waals surface area contributed by atoms with Crippen LogP contribution in [-0.2, 0) is 6.54 Å². The van der Waals surface area contributed by atoms with E-state index in [1.54, 1.807) is 0 Å². The van der Waals surface area contributed by atoms with E-state index in [-0.39, 0.29) is 0 Å². The molecule has 0 spiro atoms. The van der Waals surface area contributed by atoms with E-state index >= 15 is 0 Å². The van der Waals surface area contributed by atoms with Gasteiger partial charge in [-0.25, -0.2) is 4.98 Å². The fraction of sp³-hybridized carbons (Fsp3) is 0.643. The Kier molecular flexibility index (Phi) is 4.84. The number of nitrogens with zero attached hydrogens (tertiary/aromatic N) is 2. The van der Waals surface area contributed by atoms with Crippen LogP contribution >= 0.6 is 11.6 Å². The van der Waals surface area contributed by atoms with Crippen LogP contribution in [0.5, 0.6) is 0 Å². The van der Waals surface area contributed by atoms with Crippen molar-refractivity contribution < 1.29 is 0 Å². The minimum absolute atomic E-state index is 0.662. The molecule has 18 heavy (non-hydrogen) atoms. The van der Waals surface area contributed by atoms with Crippen molar-refractivity contribution in [1.82, 2.24) is 10.3 Å². The molecule has 1 aromatic rings. The molecule has 0 radical (unpaired) electrons. The average Bonchev–Trinajstić information content (AvgIpc) is 3.18. The van der Waals surface area contributed by atoms with Crippen molar-refractivity contribution in [3.05, 3.63) is 22.8 Å². The molecule has 0 atom stereocenters. The van der Waals surface area contributed by atoms with Crippen LogP contribution in [0.3, 0.4) is 0 Å². The van der Waals surface area contributed by atoms with E-state index in [1.165, 1.54) is 12.8 Å². The van der Waals surface area contributed by atoms with Gasteiger partial charge in [0, 0.05) is 25.3 Å². The standard InChI is InChI=1S/C14H22ClN3/c1-3-7-18(12-5-6-12)14-13(15)8-11(10-17-14)9-16-4-2/h8,10,12,16H,3-7,9H2,1-2H3. The predicted molar refractivity (Wildman–Crippen MR) is 77.3 cm³/mol. The molecule has 0 saturated heterocycles. The highest BCUT2D eigenvalue weighted by Gasteiger charge is 2.30. The first-order chi connectivity index (χ1) is 8.76. The molecular formula is C14H22ClN3.